The van der Waals surface area contributed by atoms with Gasteiger partial charge >= 0.3 is 0 Å². The fourth-order valence-corrected chi connectivity index (χ4v) is 5.48. The van der Waals surface area contributed by atoms with Crippen LogP contribution in [0, 0.1) is 5.82 Å². The predicted molar refractivity (Wildman–Crippen MR) is 137 cm³/mol. The highest BCUT2D eigenvalue weighted by Crippen LogP contribution is 2.38. The van der Waals surface area contributed by atoms with Crippen molar-refractivity contribution in [3.63, 3.8) is 0 Å². The summed E-state index contributed by atoms with van der Waals surface area (Å²) < 4.78 is 27.9. The largest absolute Gasteiger partial charge is 0.497 e. The van der Waals surface area contributed by atoms with Crippen LogP contribution >= 0.6 is 0 Å². The lowest BCUT2D eigenvalue weighted by Gasteiger charge is -2.46. The number of hydrogen-bond donors (Lipinski definition) is 1. The van der Waals surface area contributed by atoms with E-state index in [1.165, 1.54) is 6.07 Å². The molecule has 1 aliphatic rings. The van der Waals surface area contributed by atoms with E-state index in [0.717, 1.165) is 18.4 Å². The van der Waals surface area contributed by atoms with Gasteiger partial charge in [0.15, 0.2) is 0 Å². The van der Waals surface area contributed by atoms with E-state index >= 15 is 4.39 Å². The first-order chi connectivity index (χ1) is 17.1. The van der Waals surface area contributed by atoms with Gasteiger partial charge in [-0.2, -0.15) is 0 Å². The molecule has 36 heavy (non-hydrogen) atoms. The van der Waals surface area contributed by atoms with Gasteiger partial charge in [0.25, 0.3) is 0 Å². The van der Waals surface area contributed by atoms with E-state index in [0.29, 0.717) is 39.5 Å². The van der Waals surface area contributed by atoms with Gasteiger partial charge < -0.3 is 14.8 Å². The van der Waals surface area contributed by atoms with Crippen LogP contribution in [-0.4, -0.2) is 50.5 Å². The maximum absolute atomic E-state index is 15.3. The third-order valence-electron chi connectivity index (χ3n) is 6.70. The molecule has 8 nitrogen and oxygen atoms in total. The molecule has 0 bridgehead atoms. The first-order valence-corrected chi connectivity index (χ1v) is 12.0. The molecule has 9 heteroatoms. The highest BCUT2D eigenvalue weighted by Gasteiger charge is 2.39. The smallest absolute Gasteiger partial charge is 0.201 e. The fourth-order valence-electron chi connectivity index (χ4n) is 5.48. The molecule has 0 radical (unpaired) electrons. The molecule has 2 aromatic carbocycles. The summed E-state index contributed by atoms with van der Waals surface area (Å²) in [5.74, 6) is 0.807. The summed E-state index contributed by atoms with van der Waals surface area (Å²) in [6, 6.07) is 12.2. The molecule has 188 valence electrons. The van der Waals surface area contributed by atoms with Gasteiger partial charge in [-0.25, -0.2) is 9.07 Å². The second-order valence-electron chi connectivity index (χ2n) is 10.7. The number of piperidine rings is 1. The molecule has 1 fully saturated rings. The second-order valence-corrected chi connectivity index (χ2v) is 10.7. The predicted octanol–water partition coefficient (Wildman–Crippen LogP) is 5.19. The fraction of sp³-hybridized carbons (Fsp3) is 0.407. The zero-order valence-electron chi connectivity index (χ0n) is 21.5. The first-order valence-electron chi connectivity index (χ1n) is 12.0. The van der Waals surface area contributed by atoms with E-state index in [1.807, 2.05) is 16.8 Å². The van der Waals surface area contributed by atoms with E-state index in [2.05, 4.69) is 53.5 Å². The summed E-state index contributed by atoms with van der Waals surface area (Å²) in [6.45, 7) is 8.78. The van der Waals surface area contributed by atoms with Crippen molar-refractivity contribution >= 4 is 11.2 Å². The number of hydrogen-bond acceptors (Lipinski definition) is 7. The molecule has 0 amide bonds. The molecule has 1 saturated heterocycles. The van der Waals surface area contributed by atoms with Gasteiger partial charge in [0.2, 0.25) is 5.65 Å². The average molecular weight is 491 g/mol. The number of aromatic nitrogens is 5. The molecule has 0 aliphatic carbocycles. The summed E-state index contributed by atoms with van der Waals surface area (Å²) in [5, 5.41) is 21.4. The minimum absolute atomic E-state index is 0.0470. The van der Waals surface area contributed by atoms with Crippen molar-refractivity contribution in [1.29, 1.82) is 0 Å². The van der Waals surface area contributed by atoms with Crippen molar-refractivity contribution in [2.24, 2.45) is 0 Å². The van der Waals surface area contributed by atoms with Gasteiger partial charge in [-0.15, -0.1) is 15.3 Å². The zero-order chi connectivity index (χ0) is 25.7. The lowest BCUT2D eigenvalue weighted by molar-refractivity contribution is 0.127. The maximum Gasteiger partial charge on any atom is 0.201 e. The minimum atomic E-state index is -0.388. The second kappa shape index (κ2) is 8.81. The molecule has 5 rings (SSSR count). The highest BCUT2D eigenvalue weighted by atomic mass is 19.1. The van der Waals surface area contributed by atoms with Crippen LogP contribution in [0.1, 0.15) is 46.6 Å². The number of halogens is 1. The van der Waals surface area contributed by atoms with Crippen LogP contribution in [0.2, 0.25) is 0 Å². The molecule has 0 unspecified atom stereocenters. The van der Waals surface area contributed by atoms with Crippen LogP contribution in [-0.2, 0) is 0 Å². The number of nitrogens with zero attached hydrogens (tertiary/aromatic N) is 5. The Morgan fingerprint density at radius 1 is 0.889 bits per heavy atom. The number of ether oxygens (including phenoxy) is 2. The molecule has 0 saturated carbocycles. The Morgan fingerprint density at radius 3 is 2.22 bits per heavy atom. The minimum Gasteiger partial charge on any atom is -0.497 e. The lowest BCUT2D eigenvalue weighted by Crippen LogP contribution is -2.58. The van der Waals surface area contributed by atoms with Gasteiger partial charge in [-0.1, -0.05) is 17.3 Å². The quantitative estimate of drug-likeness (QED) is 0.412. The van der Waals surface area contributed by atoms with Crippen LogP contribution in [0.4, 0.5) is 4.39 Å². The normalized spacial score (nSPS) is 17.3. The summed E-state index contributed by atoms with van der Waals surface area (Å²) in [5.41, 5.74) is 3.24. The van der Waals surface area contributed by atoms with Crippen molar-refractivity contribution in [2.45, 2.75) is 57.7 Å². The van der Waals surface area contributed by atoms with Gasteiger partial charge in [-0.3, -0.25) is 0 Å². The van der Waals surface area contributed by atoms with Gasteiger partial charge in [0.05, 0.1) is 26.0 Å². The summed E-state index contributed by atoms with van der Waals surface area (Å²) in [4.78, 5) is 0. The van der Waals surface area contributed by atoms with Crippen LogP contribution in [0.5, 0.6) is 11.5 Å². The summed E-state index contributed by atoms with van der Waals surface area (Å²) >= 11 is 0. The van der Waals surface area contributed by atoms with Crippen molar-refractivity contribution in [3.8, 4) is 33.9 Å². The first kappa shape index (κ1) is 24.1. The standard InChI is InChI=1S/C27H31FN6O2/c1-26(2)14-17(15-27(3,4)32-26)34-25-23(30-33-34)13-22(29-31-25)20-11-21(28)19(12-24(20)36-6)16-7-9-18(35-5)10-8-16/h7-13,17,32H,14-15H2,1-6H3. The van der Waals surface area contributed by atoms with Gasteiger partial charge in [0, 0.05) is 22.2 Å². The van der Waals surface area contributed by atoms with Crippen molar-refractivity contribution < 1.29 is 13.9 Å². The molecule has 0 spiro atoms. The van der Waals surface area contributed by atoms with Crippen molar-refractivity contribution in [3.05, 3.63) is 48.3 Å². The Kier molecular flexibility index (Phi) is 5.90. The molecule has 1 aliphatic heterocycles. The van der Waals surface area contributed by atoms with E-state index in [9.17, 15) is 0 Å². The highest BCUT2D eigenvalue weighted by molar-refractivity contribution is 5.80. The van der Waals surface area contributed by atoms with Crippen LogP contribution in [0.15, 0.2) is 42.5 Å². The zero-order valence-corrected chi connectivity index (χ0v) is 21.5. The maximum atomic E-state index is 15.3. The van der Waals surface area contributed by atoms with Crippen LogP contribution in [0.25, 0.3) is 33.5 Å². The number of nitrogens with one attached hydrogen (secondary N) is 1. The average Bonchev–Trinajstić information content (AvgIpc) is 3.25. The Morgan fingerprint density at radius 2 is 1.58 bits per heavy atom. The van der Waals surface area contributed by atoms with Crippen molar-refractivity contribution in [2.75, 3.05) is 14.2 Å². The lowest BCUT2D eigenvalue weighted by atomic mass is 9.80. The number of benzene rings is 2. The van der Waals surface area contributed by atoms with E-state index in [4.69, 9.17) is 9.47 Å². The molecular weight excluding hydrogens is 459 g/mol. The van der Waals surface area contributed by atoms with Crippen LogP contribution in [0.3, 0.4) is 0 Å². The molecule has 1 N–H and O–H groups in total. The van der Waals surface area contributed by atoms with E-state index in [-0.39, 0.29) is 22.9 Å². The number of methoxy groups -OCH3 is 2. The van der Waals surface area contributed by atoms with E-state index in [1.54, 1.807) is 38.5 Å². The monoisotopic (exact) mass is 490 g/mol. The molecule has 3 heterocycles. The van der Waals surface area contributed by atoms with Crippen LogP contribution < -0.4 is 14.8 Å². The van der Waals surface area contributed by atoms with Gasteiger partial charge in [-0.05, 0) is 76.4 Å². The molecule has 0 atom stereocenters. The number of fused-ring (bicyclic) bond motifs is 1. The molecule has 4 aromatic rings. The third kappa shape index (κ3) is 4.51. The van der Waals surface area contributed by atoms with Crippen molar-refractivity contribution in [1.82, 2.24) is 30.5 Å². The summed E-state index contributed by atoms with van der Waals surface area (Å²) in [7, 11) is 3.15. The Balaban J connectivity index is 1.51. The van der Waals surface area contributed by atoms with Gasteiger partial charge in [0.1, 0.15) is 22.8 Å². The SMILES string of the molecule is COc1ccc(-c2cc(OC)c(-c3cc4nnn(C5CC(C)(C)NC(C)(C)C5)c4nn3)cc2F)cc1. The Bertz CT molecular complexity index is 1400. The molecular formula is C27H31FN6O2. The third-order valence-corrected chi connectivity index (χ3v) is 6.70. The number of rotatable bonds is 5. The Labute approximate surface area is 209 Å². The van der Waals surface area contributed by atoms with E-state index < -0.39 is 0 Å². The topological polar surface area (TPSA) is 87.0 Å². The molecule has 2 aromatic heterocycles. The summed E-state index contributed by atoms with van der Waals surface area (Å²) in [6.07, 6.45) is 1.79. The Hall–Kier alpha value is -3.59.